The quantitative estimate of drug-likeness (QED) is 0.527. The van der Waals surface area contributed by atoms with Gasteiger partial charge in [0.2, 0.25) is 5.60 Å². The van der Waals surface area contributed by atoms with Crippen LogP contribution in [-0.2, 0) is 15.1 Å². The Labute approximate surface area is 138 Å². The van der Waals surface area contributed by atoms with E-state index in [2.05, 4.69) is 14.1 Å². The van der Waals surface area contributed by atoms with Crippen LogP contribution in [0, 0.1) is 0 Å². The summed E-state index contributed by atoms with van der Waals surface area (Å²) < 4.78 is 6.59. The number of aliphatic hydroxyl groups is 1. The normalized spacial score (nSPS) is 25.7. The Bertz CT molecular complexity index is 608. The number of carbonyl (C=O) groups excluding carboxylic acids is 1. The zero-order valence-electron chi connectivity index (χ0n) is 14.0. The highest BCUT2D eigenvalue weighted by Gasteiger charge is 2.46. The molecule has 0 spiro atoms. The van der Waals surface area contributed by atoms with Gasteiger partial charge in [-0.1, -0.05) is 36.4 Å². The minimum absolute atomic E-state index is 0.116. The third kappa shape index (κ3) is 3.19. The maximum atomic E-state index is 12.9. The number of nitrogens with zero attached hydrogens (tertiary/aromatic N) is 1. The van der Waals surface area contributed by atoms with Gasteiger partial charge in [-0.3, -0.25) is 0 Å². The molecule has 1 unspecified atom stereocenters. The second-order valence-electron chi connectivity index (χ2n) is 7.36. The lowest BCUT2D eigenvalue weighted by Crippen LogP contribution is -2.43. The van der Waals surface area contributed by atoms with Crippen LogP contribution in [0.4, 0.5) is 0 Å². The predicted molar refractivity (Wildman–Crippen MR) is 88.6 cm³/mol. The van der Waals surface area contributed by atoms with Crippen LogP contribution in [0.5, 0.6) is 0 Å². The van der Waals surface area contributed by atoms with E-state index < -0.39 is 11.6 Å². The van der Waals surface area contributed by atoms with E-state index in [1.54, 1.807) is 12.1 Å². The first kappa shape index (κ1) is 16.2. The Hall–Kier alpha value is -1.65. The van der Waals surface area contributed by atoms with Gasteiger partial charge in [0, 0.05) is 6.42 Å². The second-order valence-corrected chi connectivity index (χ2v) is 7.36. The molecule has 23 heavy (non-hydrogen) atoms. The van der Waals surface area contributed by atoms with E-state index in [0.29, 0.717) is 5.56 Å². The first-order valence-corrected chi connectivity index (χ1v) is 8.42. The highest BCUT2D eigenvalue weighted by molar-refractivity contribution is 5.85. The lowest BCUT2D eigenvalue weighted by molar-refractivity contribution is -0.879. The Morgan fingerprint density at radius 2 is 2.04 bits per heavy atom. The predicted octanol–water partition coefficient (Wildman–Crippen LogP) is 2.38. The van der Waals surface area contributed by atoms with Crippen LogP contribution in [0.15, 0.2) is 42.0 Å². The number of benzene rings is 1. The van der Waals surface area contributed by atoms with Crippen LogP contribution in [0.1, 0.15) is 31.2 Å². The SMILES string of the molecule is C[N+]1(C)CCC(OC(=O)[C@](O)(C2=CCCC2)c2ccccc2)C1. The fraction of sp³-hybridized carbons (Fsp3) is 0.526. The fourth-order valence-corrected chi connectivity index (χ4v) is 3.67. The van der Waals surface area contributed by atoms with Crippen molar-refractivity contribution >= 4 is 5.97 Å². The van der Waals surface area contributed by atoms with Crippen molar-refractivity contribution in [2.24, 2.45) is 0 Å². The molecule has 0 saturated carbocycles. The molecule has 1 aromatic carbocycles. The average Bonchev–Trinajstić information content (AvgIpc) is 3.17. The van der Waals surface area contributed by atoms with Gasteiger partial charge in [-0.25, -0.2) is 4.79 Å². The maximum absolute atomic E-state index is 12.9. The molecule has 1 heterocycles. The van der Waals surface area contributed by atoms with Crippen molar-refractivity contribution in [1.29, 1.82) is 0 Å². The van der Waals surface area contributed by atoms with E-state index in [4.69, 9.17) is 4.74 Å². The summed E-state index contributed by atoms with van der Waals surface area (Å²) >= 11 is 0. The molecule has 1 saturated heterocycles. The summed E-state index contributed by atoms with van der Waals surface area (Å²) in [5, 5.41) is 11.3. The lowest BCUT2D eigenvalue weighted by Gasteiger charge is -2.29. The Kier molecular flexibility index (Phi) is 4.30. The van der Waals surface area contributed by atoms with E-state index in [1.807, 2.05) is 24.3 Å². The summed E-state index contributed by atoms with van der Waals surface area (Å²) in [6.07, 6.45) is 5.35. The van der Waals surface area contributed by atoms with Crippen molar-refractivity contribution in [2.75, 3.05) is 27.2 Å². The lowest BCUT2D eigenvalue weighted by atomic mass is 9.85. The molecular weight excluding hydrogens is 290 g/mol. The molecule has 0 bridgehead atoms. The van der Waals surface area contributed by atoms with Crippen molar-refractivity contribution in [3.05, 3.63) is 47.5 Å². The van der Waals surface area contributed by atoms with Crippen molar-refractivity contribution < 1.29 is 19.1 Å². The number of hydrogen-bond donors (Lipinski definition) is 1. The molecule has 1 fully saturated rings. The van der Waals surface area contributed by atoms with E-state index in [-0.39, 0.29) is 6.10 Å². The third-order valence-corrected chi connectivity index (χ3v) is 5.02. The fourth-order valence-electron chi connectivity index (χ4n) is 3.67. The van der Waals surface area contributed by atoms with Crippen molar-refractivity contribution in [3.63, 3.8) is 0 Å². The number of quaternary nitrogens is 1. The minimum atomic E-state index is -1.64. The number of likely N-dealkylation sites (N-methyl/N-ethyl adjacent to an activating group) is 1. The first-order chi connectivity index (χ1) is 10.9. The van der Waals surface area contributed by atoms with Crippen molar-refractivity contribution in [1.82, 2.24) is 0 Å². The molecule has 1 aliphatic heterocycles. The molecule has 0 amide bonds. The van der Waals surface area contributed by atoms with Gasteiger partial charge in [0.1, 0.15) is 6.54 Å². The monoisotopic (exact) mass is 316 g/mol. The molecule has 1 N–H and O–H groups in total. The van der Waals surface area contributed by atoms with E-state index >= 15 is 0 Å². The Balaban J connectivity index is 1.85. The minimum Gasteiger partial charge on any atom is -0.453 e. The zero-order valence-corrected chi connectivity index (χ0v) is 14.0. The Morgan fingerprint density at radius 1 is 1.30 bits per heavy atom. The van der Waals surface area contributed by atoms with E-state index in [0.717, 1.165) is 48.8 Å². The summed E-state index contributed by atoms with van der Waals surface area (Å²) in [5.41, 5.74) is -0.261. The largest absolute Gasteiger partial charge is 0.453 e. The standard InChI is InChI=1S/C19H26NO3/c1-20(2)13-12-17(14-20)23-18(21)19(22,16-10-6-7-11-16)15-8-4-3-5-9-15/h3-5,8-10,17,22H,6-7,11-14H2,1-2H3/q+1/t17?,19-/m1/s1. The molecule has 0 aromatic heterocycles. The van der Waals surface area contributed by atoms with Crippen LogP contribution in [0.3, 0.4) is 0 Å². The number of esters is 1. The summed E-state index contributed by atoms with van der Waals surface area (Å²) in [5.74, 6) is -0.524. The number of likely N-dealkylation sites (tertiary alicyclic amines) is 1. The molecule has 124 valence electrons. The van der Waals surface area contributed by atoms with Crippen LogP contribution in [-0.4, -0.2) is 48.8 Å². The number of allylic oxidation sites excluding steroid dienone is 1. The van der Waals surface area contributed by atoms with Crippen LogP contribution < -0.4 is 0 Å². The third-order valence-electron chi connectivity index (χ3n) is 5.02. The van der Waals surface area contributed by atoms with Crippen molar-refractivity contribution in [2.45, 2.75) is 37.4 Å². The highest BCUT2D eigenvalue weighted by Crippen LogP contribution is 2.38. The molecule has 3 rings (SSSR count). The average molecular weight is 316 g/mol. The van der Waals surface area contributed by atoms with E-state index in [9.17, 15) is 9.90 Å². The van der Waals surface area contributed by atoms with Gasteiger partial charge in [-0.15, -0.1) is 0 Å². The van der Waals surface area contributed by atoms with Gasteiger partial charge < -0.3 is 14.3 Å². The number of hydrogen-bond acceptors (Lipinski definition) is 3. The molecule has 4 heteroatoms. The molecule has 4 nitrogen and oxygen atoms in total. The van der Waals surface area contributed by atoms with Crippen LogP contribution in [0.2, 0.25) is 0 Å². The van der Waals surface area contributed by atoms with Gasteiger partial charge >= 0.3 is 5.97 Å². The highest BCUT2D eigenvalue weighted by atomic mass is 16.6. The molecule has 0 radical (unpaired) electrons. The van der Waals surface area contributed by atoms with Gasteiger partial charge in [0.25, 0.3) is 0 Å². The summed E-state index contributed by atoms with van der Waals surface area (Å²) in [4.78, 5) is 12.9. The summed E-state index contributed by atoms with van der Waals surface area (Å²) in [7, 11) is 4.27. The first-order valence-electron chi connectivity index (χ1n) is 8.42. The molecular formula is C19H26NO3+. The molecule has 2 atom stereocenters. The molecule has 1 aromatic rings. The van der Waals surface area contributed by atoms with Gasteiger partial charge in [0.05, 0.1) is 20.6 Å². The maximum Gasteiger partial charge on any atom is 0.347 e. The summed E-state index contributed by atoms with van der Waals surface area (Å²) in [6.45, 7) is 1.79. The molecule has 2 aliphatic rings. The number of carbonyl (C=O) groups is 1. The van der Waals surface area contributed by atoms with Gasteiger partial charge in [-0.05, 0) is 30.4 Å². The number of ether oxygens (including phenoxy) is 1. The van der Waals surface area contributed by atoms with E-state index in [1.165, 1.54) is 0 Å². The van der Waals surface area contributed by atoms with Crippen LogP contribution >= 0.6 is 0 Å². The topological polar surface area (TPSA) is 46.5 Å². The zero-order chi connectivity index (χ0) is 16.5. The van der Waals surface area contributed by atoms with Crippen LogP contribution in [0.25, 0.3) is 0 Å². The Morgan fingerprint density at radius 3 is 2.61 bits per heavy atom. The van der Waals surface area contributed by atoms with Gasteiger partial charge in [0.15, 0.2) is 6.10 Å². The smallest absolute Gasteiger partial charge is 0.347 e. The number of rotatable bonds is 4. The second kappa shape index (κ2) is 6.10. The van der Waals surface area contributed by atoms with Crippen molar-refractivity contribution in [3.8, 4) is 0 Å². The summed E-state index contributed by atoms with van der Waals surface area (Å²) in [6, 6.07) is 9.18. The van der Waals surface area contributed by atoms with Gasteiger partial charge in [-0.2, -0.15) is 0 Å². The molecule has 1 aliphatic carbocycles.